The van der Waals surface area contributed by atoms with Crippen LogP contribution >= 0.6 is 23.4 Å². The van der Waals surface area contributed by atoms with Crippen molar-refractivity contribution in [1.29, 1.82) is 5.26 Å². The lowest BCUT2D eigenvalue weighted by Crippen LogP contribution is -2.43. The van der Waals surface area contributed by atoms with Crippen molar-refractivity contribution in [3.63, 3.8) is 0 Å². The molecule has 0 aromatic heterocycles. The van der Waals surface area contributed by atoms with Gasteiger partial charge in [-0.25, -0.2) is 0 Å². The Kier molecular flexibility index (Phi) is 4.20. The lowest BCUT2D eigenvalue weighted by molar-refractivity contribution is 0.239. The zero-order chi connectivity index (χ0) is 8.97. The summed E-state index contributed by atoms with van der Waals surface area (Å²) in [4.78, 5) is 2.29. The molecule has 0 N–H and O–H groups in total. The summed E-state index contributed by atoms with van der Waals surface area (Å²) in [7, 11) is 0. The van der Waals surface area contributed by atoms with Crippen molar-refractivity contribution >= 4 is 23.4 Å². The lowest BCUT2D eigenvalue weighted by Gasteiger charge is -2.33. The Morgan fingerprint density at radius 3 is 3.17 bits per heavy atom. The minimum Gasteiger partial charge on any atom is -0.296 e. The standard InChI is InChI=1S/C8H13ClN2S/c1-7-6-12-3-2-11(7)5-8(9)4-10/h7-8H,2-3,5-6H2,1H3. The van der Waals surface area contributed by atoms with Crippen LogP contribution in [0, 0.1) is 11.3 Å². The number of thioether (sulfide) groups is 1. The first-order chi connectivity index (χ1) is 5.74. The van der Waals surface area contributed by atoms with Crippen LogP contribution in [-0.4, -0.2) is 40.9 Å². The third-order valence-corrected chi connectivity index (χ3v) is 3.47. The minimum atomic E-state index is -0.351. The van der Waals surface area contributed by atoms with Crippen LogP contribution in [0.3, 0.4) is 0 Å². The zero-order valence-electron chi connectivity index (χ0n) is 7.16. The van der Waals surface area contributed by atoms with E-state index in [1.54, 1.807) is 0 Å². The van der Waals surface area contributed by atoms with Gasteiger partial charge in [0.25, 0.3) is 0 Å². The molecule has 1 rings (SSSR count). The van der Waals surface area contributed by atoms with Crippen molar-refractivity contribution in [3.05, 3.63) is 0 Å². The second-order valence-corrected chi connectivity index (χ2v) is 4.69. The number of alkyl halides is 1. The summed E-state index contributed by atoms with van der Waals surface area (Å²) in [6, 6.07) is 2.62. The monoisotopic (exact) mass is 204 g/mol. The van der Waals surface area contributed by atoms with Crippen molar-refractivity contribution in [2.24, 2.45) is 0 Å². The molecule has 0 bridgehead atoms. The molecule has 1 saturated heterocycles. The quantitative estimate of drug-likeness (QED) is 0.639. The van der Waals surface area contributed by atoms with Crippen LogP contribution in [0.1, 0.15) is 6.92 Å². The highest BCUT2D eigenvalue weighted by molar-refractivity contribution is 7.99. The molecule has 0 aromatic rings. The largest absolute Gasteiger partial charge is 0.296 e. The maximum absolute atomic E-state index is 8.54. The zero-order valence-corrected chi connectivity index (χ0v) is 8.74. The van der Waals surface area contributed by atoms with Gasteiger partial charge >= 0.3 is 0 Å². The van der Waals surface area contributed by atoms with Gasteiger partial charge in [0.1, 0.15) is 5.38 Å². The van der Waals surface area contributed by atoms with Crippen molar-refractivity contribution in [2.45, 2.75) is 18.3 Å². The molecule has 1 aliphatic rings. The predicted molar refractivity (Wildman–Crippen MR) is 53.6 cm³/mol. The summed E-state index contributed by atoms with van der Waals surface area (Å²) >= 11 is 7.73. The van der Waals surface area contributed by atoms with Gasteiger partial charge in [-0.1, -0.05) is 0 Å². The molecular formula is C8H13ClN2S. The molecule has 0 aliphatic carbocycles. The maximum atomic E-state index is 8.54. The molecule has 4 heteroatoms. The van der Waals surface area contributed by atoms with Gasteiger partial charge in [-0.2, -0.15) is 17.0 Å². The number of hydrogen-bond donors (Lipinski definition) is 0. The van der Waals surface area contributed by atoms with E-state index in [0.717, 1.165) is 12.3 Å². The Morgan fingerprint density at radius 2 is 2.58 bits per heavy atom. The van der Waals surface area contributed by atoms with Gasteiger partial charge in [0.2, 0.25) is 0 Å². The van der Waals surface area contributed by atoms with Crippen LogP contribution in [0.5, 0.6) is 0 Å². The van der Waals surface area contributed by atoms with Crippen LogP contribution in [-0.2, 0) is 0 Å². The average Bonchev–Trinajstić information content (AvgIpc) is 2.09. The molecule has 0 amide bonds. The van der Waals surface area contributed by atoms with E-state index in [1.807, 2.05) is 17.8 Å². The van der Waals surface area contributed by atoms with Crippen LogP contribution < -0.4 is 0 Å². The van der Waals surface area contributed by atoms with Crippen molar-refractivity contribution in [1.82, 2.24) is 4.90 Å². The molecule has 2 nitrogen and oxygen atoms in total. The number of rotatable bonds is 2. The molecule has 0 saturated carbocycles. The highest BCUT2D eigenvalue weighted by atomic mass is 35.5. The summed E-state index contributed by atoms with van der Waals surface area (Å²) in [5.74, 6) is 2.33. The first-order valence-corrected chi connectivity index (χ1v) is 5.68. The molecular weight excluding hydrogens is 192 g/mol. The predicted octanol–water partition coefficient (Wildman–Crippen LogP) is 1.55. The third kappa shape index (κ3) is 2.85. The second kappa shape index (κ2) is 4.96. The third-order valence-electron chi connectivity index (χ3n) is 2.04. The summed E-state index contributed by atoms with van der Waals surface area (Å²) in [6.07, 6.45) is 0. The summed E-state index contributed by atoms with van der Waals surface area (Å²) in [6.45, 7) is 3.96. The van der Waals surface area contributed by atoms with E-state index < -0.39 is 0 Å². The van der Waals surface area contributed by atoms with Gasteiger partial charge in [-0.15, -0.1) is 11.6 Å². The molecule has 1 fully saturated rings. The maximum Gasteiger partial charge on any atom is 0.133 e. The first-order valence-electron chi connectivity index (χ1n) is 4.09. The highest BCUT2D eigenvalue weighted by Crippen LogP contribution is 2.16. The van der Waals surface area contributed by atoms with E-state index in [0.29, 0.717) is 12.6 Å². The number of nitrogens with zero attached hydrogens (tertiary/aromatic N) is 2. The van der Waals surface area contributed by atoms with E-state index in [2.05, 4.69) is 11.8 Å². The summed E-state index contributed by atoms with van der Waals surface area (Å²) in [5, 5.41) is 8.19. The molecule has 1 aliphatic heterocycles. The lowest BCUT2D eigenvalue weighted by atomic mass is 10.3. The fourth-order valence-electron chi connectivity index (χ4n) is 1.28. The Labute approximate surface area is 82.9 Å². The summed E-state index contributed by atoms with van der Waals surface area (Å²) in [5.41, 5.74) is 0. The Bertz CT molecular complexity index is 180. The summed E-state index contributed by atoms with van der Waals surface area (Å²) < 4.78 is 0. The normalized spacial score (nSPS) is 27.9. The Morgan fingerprint density at radius 1 is 1.83 bits per heavy atom. The smallest absolute Gasteiger partial charge is 0.133 e. The van der Waals surface area contributed by atoms with Crippen LogP contribution in [0.25, 0.3) is 0 Å². The molecule has 0 aromatic carbocycles. The Balaban J connectivity index is 2.35. The molecule has 1 heterocycles. The first kappa shape index (κ1) is 10.2. The average molecular weight is 205 g/mol. The highest BCUT2D eigenvalue weighted by Gasteiger charge is 2.20. The van der Waals surface area contributed by atoms with E-state index >= 15 is 0 Å². The minimum absolute atomic E-state index is 0.351. The van der Waals surface area contributed by atoms with Crippen molar-refractivity contribution in [3.8, 4) is 6.07 Å². The van der Waals surface area contributed by atoms with E-state index in [-0.39, 0.29) is 5.38 Å². The molecule has 0 spiro atoms. The molecule has 12 heavy (non-hydrogen) atoms. The second-order valence-electron chi connectivity index (χ2n) is 3.02. The number of hydrogen-bond acceptors (Lipinski definition) is 3. The van der Waals surface area contributed by atoms with E-state index in [9.17, 15) is 0 Å². The molecule has 0 radical (unpaired) electrons. The molecule has 2 atom stereocenters. The van der Waals surface area contributed by atoms with Crippen LogP contribution in [0.2, 0.25) is 0 Å². The number of nitriles is 1. The van der Waals surface area contributed by atoms with Gasteiger partial charge in [0.15, 0.2) is 0 Å². The van der Waals surface area contributed by atoms with Crippen LogP contribution in [0.15, 0.2) is 0 Å². The van der Waals surface area contributed by atoms with Gasteiger partial charge in [-0.3, -0.25) is 4.90 Å². The van der Waals surface area contributed by atoms with Gasteiger partial charge < -0.3 is 0 Å². The van der Waals surface area contributed by atoms with E-state index in [1.165, 1.54) is 5.75 Å². The number of halogens is 1. The Hall–Kier alpha value is 0.0900. The molecule has 2 unspecified atom stereocenters. The van der Waals surface area contributed by atoms with Gasteiger partial charge in [0.05, 0.1) is 6.07 Å². The fraction of sp³-hybridized carbons (Fsp3) is 0.875. The topological polar surface area (TPSA) is 27.0 Å². The van der Waals surface area contributed by atoms with Crippen molar-refractivity contribution in [2.75, 3.05) is 24.6 Å². The van der Waals surface area contributed by atoms with Crippen LogP contribution in [0.4, 0.5) is 0 Å². The van der Waals surface area contributed by atoms with Gasteiger partial charge in [0, 0.05) is 30.6 Å². The molecule has 68 valence electrons. The SMILES string of the molecule is CC1CSCCN1CC(Cl)C#N. The fourth-order valence-corrected chi connectivity index (χ4v) is 2.54. The van der Waals surface area contributed by atoms with Gasteiger partial charge in [-0.05, 0) is 6.92 Å². The van der Waals surface area contributed by atoms with E-state index in [4.69, 9.17) is 16.9 Å². The van der Waals surface area contributed by atoms with Crippen molar-refractivity contribution < 1.29 is 0 Å².